The van der Waals surface area contributed by atoms with Crippen molar-refractivity contribution in [1.82, 2.24) is 4.98 Å². The number of nitrogens with one attached hydrogen (secondary N) is 1. The van der Waals surface area contributed by atoms with Crippen LogP contribution in [0.25, 0.3) is 32.6 Å². The van der Waals surface area contributed by atoms with Crippen LogP contribution < -0.4 is 5.32 Å². The van der Waals surface area contributed by atoms with E-state index in [0.29, 0.717) is 26.5 Å². The van der Waals surface area contributed by atoms with Crippen LogP contribution >= 0.6 is 34.5 Å². The first-order chi connectivity index (χ1) is 15.3. The number of hydrogen-bond donors (Lipinski definition) is 1. The van der Waals surface area contributed by atoms with Crippen molar-refractivity contribution in [3.8, 4) is 11.5 Å². The minimum Gasteiger partial charge on any atom is -0.436 e. The predicted molar refractivity (Wildman–Crippen MR) is 133 cm³/mol. The maximum atomic E-state index is 13.0. The summed E-state index contributed by atoms with van der Waals surface area (Å²) < 4.78 is 6.90. The van der Waals surface area contributed by atoms with Crippen molar-refractivity contribution < 1.29 is 9.21 Å². The van der Waals surface area contributed by atoms with Gasteiger partial charge in [-0.25, -0.2) is 4.98 Å². The summed E-state index contributed by atoms with van der Waals surface area (Å²) in [6, 6.07) is 15.1. The van der Waals surface area contributed by atoms with E-state index < -0.39 is 0 Å². The molecule has 0 aliphatic rings. The third kappa shape index (κ3) is 3.56. The molecule has 0 aliphatic carbocycles. The maximum Gasteiger partial charge on any atom is 0.267 e. The van der Waals surface area contributed by atoms with Gasteiger partial charge in [-0.2, -0.15) is 0 Å². The molecule has 3 aromatic carbocycles. The van der Waals surface area contributed by atoms with E-state index in [4.69, 9.17) is 27.6 Å². The van der Waals surface area contributed by atoms with E-state index in [1.54, 1.807) is 6.07 Å². The van der Waals surface area contributed by atoms with Crippen molar-refractivity contribution in [3.63, 3.8) is 0 Å². The molecule has 2 aromatic heterocycles. The number of aryl methyl sites for hydroxylation is 2. The molecule has 1 amide bonds. The zero-order valence-electron chi connectivity index (χ0n) is 17.5. The summed E-state index contributed by atoms with van der Waals surface area (Å²) in [5.41, 5.74) is 6.23. The van der Waals surface area contributed by atoms with Crippen LogP contribution in [0.5, 0.6) is 0 Å². The van der Waals surface area contributed by atoms with Crippen molar-refractivity contribution in [2.75, 3.05) is 5.32 Å². The summed E-state index contributed by atoms with van der Waals surface area (Å²) in [7, 11) is 0. The Morgan fingerprint density at radius 3 is 2.62 bits per heavy atom. The highest BCUT2D eigenvalue weighted by molar-refractivity contribution is 7.21. The Balaban J connectivity index is 1.50. The topological polar surface area (TPSA) is 55.1 Å². The third-order valence-electron chi connectivity index (χ3n) is 5.61. The third-order valence-corrected chi connectivity index (χ3v) is 7.51. The molecule has 0 radical (unpaired) electrons. The summed E-state index contributed by atoms with van der Waals surface area (Å²) >= 11 is 13.9. The largest absolute Gasteiger partial charge is 0.436 e. The lowest BCUT2D eigenvalue weighted by Crippen LogP contribution is -2.12. The molecule has 1 N–H and O–H groups in total. The Bertz CT molecular complexity index is 1500. The number of aromatic nitrogens is 1. The van der Waals surface area contributed by atoms with Gasteiger partial charge in [0.25, 0.3) is 5.91 Å². The molecule has 4 nitrogen and oxygen atoms in total. The normalized spacial score (nSPS) is 11.4. The molecule has 5 rings (SSSR count). The van der Waals surface area contributed by atoms with Gasteiger partial charge in [0.15, 0.2) is 5.58 Å². The summed E-state index contributed by atoms with van der Waals surface area (Å²) in [4.78, 5) is 18.2. The average molecular weight is 481 g/mol. The first kappa shape index (κ1) is 21.0. The van der Waals surface area contributed by atoms with Crippen molar-refractivity contribution in [2.45, 2.75) is 20.8 Å². The maximum absolute atomic E-state index is 13.0. The fraction of sp³-hybridized carbons (Fsp3) is 0.120. The highest BCUT2D eigenvalue weighted by Gasteiger charge is 2.20. The van der Waals surface area contributed by atoms with Crippen LogP contribution in [0.4, 0.5) is 5.69 Å². The number of carbonyl (C=O) groups is 1. The number of carbonyl (C=O) groups excluding carboxylic acids is 1. The molecule has 160 valence electrons. The lowest BCUT2D eigenvalue weighted by molar-refractivity contribution is 0.103. The number of fused-ring (bicyclic) bond motifs is 2. The van der Waals surface area contributed by atoms with Gasteiger partial charge in [0, 0.05) is 26.4 Å². The second-order valence-electron chi connectivity index (χ2n) is 7.74. The second kappa shape index (κ2) is 7.93. The zero-order valence-corrected chi connectivity index (χ0v) is 19.9. The smallest absolute Gasteiger partial charge is 0.267 e. The van der Waals surface area contributed by atoms with Crippen LogP contribution in [0, 0.1) is 20.8 Å². The summed E-state index contributed by atoms with van der Waals surface area (Å²) in [6.45, 7) is 6.03. The fourth-order valence-electron chi connectivity index (χ4n) is 3.66. The number of oxazole rings is 1. The number of halogens is 2. The van der Waals surface area contributed by atoms with E-state index in [1.165, 1.54) is 11.3 Å². The van der Waals surface area contributed by atoms with Crippen LogP contribution in [0.3, 0.4) is 0 Å². The quantitative estimate of drug-likeness (QED) is 0.283. The molecular weight excluding hydrogens is 463 g/mol. The van der Waals surface area contributed by atoms with Gasteiger partial charge in [0.2, 0.25) is 5.89 Å². The van der Waals surface area contributed by atoms with Gasteiger partial charge < -0.3 is 9.73 Å². The average Bonchev–Trinajstić information content (AvgIpc) is 3.30. The minimum absolute atomic E-state index is 0.267. The van der Waals surface area contributed by atoms with E-state index in [2.05, 4.69) is 17.2 Å². The van der Waals surface area contributed by atoms with Gasteiger partial charge in [-0.05, 0) is 73.9 Å². The molecular formula is C25H18Cl2N2O2S. The number of hydrogen-bond acceptors (Lipinski definition) is 4. The van der Waals surface area contributed by atoms with Gasteiger partial charge in [-0.1, -0.05) is 35.3 Å². The SMILES string of the molecule is Cc1cc2nc(-c3cccc(NC(=O)c4sc5cc(Cl)ccc5c4Cl)c3C)oc2cc1C. The monoisotopic (exact) mass is 480 g/mol. The molecule has 0 fully saturated rings. The first-order valence-corrected chi connectivity index (χ1v) is 11.6. The van der Waals surface area contributed by atoms with Crippen molar-refractivity contribution in [3.05, 3.63) is 80.1 Å². The van der Waals surface area contributed by atoms with Crippen LogP contribution in [0.1, 0.15) is 26.4 Å². The molecule has 32 heavy (non-hydrogen) atoms. The number of rotatable bonds is 3. The molecule has 2 heterocycles. The Labute approximate surface area is 198 Å². The Hall–Kier alpha value is -2.86. The number of nitrogens with zero attached hydrogens (tertiary/aromatic N) is 1. The number of benzene rings is 3. The van der Waals surface area contributed by atoms with E-state index in [1.807, 2.05) is 56.3 Å². The van der Waals surface area contributed by atoms with Crippen LogP contribution in [-0.2, 0) is 0 Å². The van der Waals surface area contributed by atoms with Crippen molar-refractivity contribution in [1.29, 1.82) is 0 Å². The highest BCUT2D eigenvalue weighted by Crippen LogP contribution is 2.38. The number of thiophene rings is 1. The van der Waals surface area contributed by atoms with Gasteiger partial charge >= 0.3 is 0 Å². The van der Waals surface area contributed by atoms with Crippen LogP contribution in [0.15, 0.2) is 52.9 Å². The lowest BCUT2D eigenvalue weighted by atomic mass is 10.1. The molecule has 0 atom stereocenters. The molecule has 5 aromatic rings. The Kier molecular flexibility index (Phi) is 5.20. The van der Waals surface area contributed by atoms with Gasteiger partial charge in [-0.15, -0.1) is 11.3 Å². The second-order valence-corrected chi connectivity index (χ2v) is 9.61. The molecule has 7 heteroatoms. The standard InChI is InChI=1S/C25H18Cl2N2O2S/c1-12-9-19-20(10-13(12)2)31-25(29-19)16-5-4-6-18(14(16)3)28-24(30)23-22(27)17-8-7-15(26)11-21(17)32-23/h4-11H,1-3H3,(H,28,30). The lowest BCUT2D eigenvalue weighted by Gasteiger charge is -2.10. The summed E-state index contributed by atoms with van der Waals surface area (Å²) in [5, 5.41) is 4.84. The Morgan fingerprint density at radius 1 is 1.03 bits per heavy atom. The number of anilines is 1. The van der Waals surface area contributed by atoms with E-state index in [9.17, 15) is 4.79 Å². The predicted octanol–water partition coefficient (Wildman–Crippen LogP) is 8.19. The van der Waals surface area contributed by atoms with E-state index in [0.717, 1.165) is 43.4 Å². The summed E-state index contributed by atoms with van der Waals surface area (Å²) in [5.74, 6) is 0.254. The minimum atomic E-state index is -0.267. The van der Waals surface area contributed by atoms with Gasteiger partial charge in [-0.3, -0.25) is 4.79 Å². The first-order valence-electron chi connectivity index (χ1n) is 9.98. The van der Waals surface area contributed by atoms with E-state index in [-0.39, 0.29) is 5.91 Å². The highest BCUT2D eigenvalue weighted by atomic mass is 35.5. The fourth-order valence-corrected chi connectivity index (χ4v) is 5.35. The number of amides is 1. The van der Waals surface area contributed by atoms with Crippen LogP contribution in [0.2, 0.25) is 10.0 Å². The van der Waals surface area contributed by atoms with Crippen molar-refractivity contribution in [2.24, 2.45) is 0 Å². The van der Waals surface area contributed by atoms with Gasteiger partial charge in [0.1, 0.15) is 10.4 Å². The summed E-state index contributed by atoms with van der Waals surface area (Å²) in [6.07, 6.45) is 0. The molecule has 0 bridgehead atoms. The van der Waals surface area contributed by atoms with Gasteiger partial charge in [0.05, 0.1) is 5.02 Å². The zero-order chi connectivity index (χ0) is 22.6. The molecule has 0 saturated carbocycles. The molecule has 0 unspecified atom stereocenters. The Morgan fingerprint density at radius 2 is 1.81 bits per heavy atom. The molecule has 0 spiro atoms. The van der Waals surface area contributed by atoms with E-state index >= 15 is 0 Å². The van der Waals surface area contributed by atoms with Crippen LogP contribution in [-0.4, -0.2) is 10.9 Å². The molecule has 0 saturated heterocycles. The van der Waals surface area contributed by atoms with Crippen molar-refractivity contribution >= 4 is 67.3 Å². The molecule has 0 aliphatic heterocycles.